The minimum absolute atomic E-state index is 0.0194. The number of nitrogens with one attached hydrogen (secondary N) is 1. The lowest BCUT2D eigenvalue weighted by Gasteiger charge is -2.34. The molecule has 4 rings (SSSR count). The van der Waals surface area contributed by atoms with Gasteiger partial charge in [0.2, 0.25) is 5.91 Å². The first-order valence-electron chi connectivity index (χ1n) is 9.47. The molecule has 152 valence electrons. The highest BCUT2D eigenvalue weighted by molar-refractivity contribution is 7.16. The molecule has 1 aromatic carbocycles. The van der Waals surface area contributed by atoms with Crippen molar-refractivity contribution >= 4 is 39.7 Å². The molecule has 1 amide bonds. The van der Waals surface area contributed by atoms with Gasteiger partial charge in [0, 0.05) is 50.6 Å². The third-order valence-electron chi connectivity index (χ3n) is 5.19. The summed E-state index contributed by atoms with van der Waals surface area (Å²) in [6.45, 7) is 4.03. The second-order valence-corrected chi connectivity index (χ2v) is 8.84. The van der Waals surface area contributed by atoms with E-state index in [2.05, 4.69) is 9.88 Å². The summed E-state index contributed by atoms with van der Waals surface area (Å²) < 4.78 is 2.25. The van der Waals surface area contributed by atoms with Crippen LogP contribution in [0.1, 0.15) is 11.3 Å². The molecule has 29 heavy (non-hydrogen) atoms. The number of thiophene rings is 1. The van der Waals surface area contributed by atoms with Gasteiger partial charge in [-0.1, -0.05) is 23.7 Å². The molecule has 9 heteroatoms. The number of fused-ring (bicyclic) bond motifs is 1. The average Bonchev–Trinajstić information content (AvgIpc) is 3.13. The number of hydrogen-bond donors (Lipinski definition) is 1. The Hall–Kier alpha value is -2.42. The number of amides is 1. The van der Waals surface area contributed by atoms with Gasteiger partial charge in [0.1, 0.15) is 0 Å². The average molecular weight is 433 g/mol. The van der Waals surface area contributed by atoms with Crippen LogP contribution in [-0.4, -0.2) is 51.4 Å². The Labute approximate surface area is 176 Å². The Kier molecular flexibility index (Phi) is 5.84. The Morgan fingerprint density at radius 3 is 2.55 bits per heavy atom. The van der Waals surface area contributed by atoms with Gasteiger partial charge in [-0.15, -0.1) is 11.3 Å². The summed E-state index contributed by atoms with van der Waals surface area (Å²) in [6, 6.07) is 10.9. The highest BCUT2D eigenvalue weighted by Crippen LogP contribution is 2.23. The molecule has 0 bridgehead atoms. The lowest BCUT2D eigenvalue weighted by Crippen LogP contribution is -2.48. The zero-order chi connectivity index (χ0) is 20.4. The van der Waals surface area contributed by atoms with Crippen LogP contribution < -0.4 is 11.2 Å². The summed E-state index contributed by atoms with van der Waals surface area (Å²) in [7, 11) is 0. The molecule has 0 radical (unpaired) electrons. The Balaban J connectivity index is 1.36. The molecule has 0 unspecified atom stereocenters. The van der Waals surface area contributed by atoms with Crippen molar-refractivity contribution < 1.29 is 4.79 Å². The SMILES string of the molecule is O=C(CCn1c(=O)[nH]c(=O)c2ccccc21)N1CCN(Cc2ccc(Cl)s2)CC1. The first-order valence-corrected chi connectivity index (χ1v) is 10.7. The van der Waals surface area contributed by atoms with Gasteiger partial charge in [0.05, 0.1) is 15.2 Å². The largest absolute Gasteiger partial charge is 0.340 e. The van der Waals surface area contributed by atoms with Crippen LogP contribution in [0.3, 0.4) is 0 Å². The molecule has 2 aromatic heterocycles. The molecule has 1 aliphatic heterocycles. The highest BCUT2D eigenvalue weighted by atomic mass is 35.5. The van der Waals surface area contributed by atoms with Crippen LogP contribution in [-0.2, 0) is 17.9 Å². The number of carbonyl (C=O) groups is 1. The van der Waals surface area contributed by atoms with Gasteiger partial charge in [-0.25, -0.2) is 4.79 Å². The molecular formula is C20H21ClN4O3S. The van der Waals surface area contributed by atoms with E-state index < -0.39 is 11.2 Å². The van der Waals surface area contributed by atoms with E-state index >= 15 is 0 Å². The zero-order valence-electron chi connectivity index (χ0n) is 15.8. The smallest absolute Gasteiger partial charge is 0.328 e. The lowest BCUT2D eigenvalue weighted by atomic mass is 10.2. The molecule has 0 aliphatic carbocycles. The van der Waals surface area contributed by atoms with Crippen molar-refractivity contribution in [1.82, 2.24) is 19.4 Å². The second-order valence-electron chi connectivity index (χ2n) is 7.04. The first-order chi connectivity index (χ1) is 14.0. The lowest BCUT2D eigenvalue weighted by molar-refractivity contribution is -0.133. The number of aromatic nitrogens is 2. The molecule has 1 N–H and O–H groups in total. The van der Waals surface area contributed by atoms with Crippen molar-refractivity contribution in [2.45, 2.75) is 19.5 Å². The number of halogens is 1. The number of rotatable bonds is 5. The summed E-state index contributed by atoms with van der Waals surface area (Å²) in [6.07, 6.45) is 0.219. The Bertz CT molecular complexity index is 1140. The van der Waals surface area contributed by atoms with Crippen LogP contribution in [0.5, 0.6) is 0 Å². The van der Waals surface area contributed by atoms with E-state index in [0.717, 1.165) is 24.0 Å². The number of hydrogen-bond acceptors (Lipinski definition) is 5. The van der Waals surface area contributed by atoms with Crippen molar-refractivity contribution in [3.8, 4) is 0 Å². The van der Waals surface area contributed by atoms with E-state index in [9.17, 15) is 14.4 Å². The molecule has 0 atom stereocenters. The maximum absolute atomic E-state index is 12.7. The number of nitrogens with zero attached hydrogens (tertiary/aromatic N) is 3. The molecule has 3 heterocycles. The Morgan fingerprint density at radius 2 is 1.83 bits per heavy atom. The minimum atomic E-state index is -0.485. The predicted molar refractivity (Wildman–Crippen MR) is 115 cm³/mol. The summed E-state index contributed by atoms with van der Waals surface area (Å²) in [4.78, 5) is 44.5. The third-order valence-corrected chi connectivity index (χ3v) is 6.40. The van der Waals surface area contributed by atoms with E-state index in [1.807, 2.05) is 17.0 Å². The minimum Gasteiger partial charge on any atom is -0.340 e. The third kappa shape index (κ3) is 4.44. The monoisotopic (exact) mass is 432 g/mol. The van der Waals surface area contributed by atoms with Crippen molar-refractivity contribution in [3.05, 3.63) is 66.4 Å². The number of piperazine rings is 1. The topological polar surface area (TPSA) is 78.4 Å². The van der Waals surface area contributed by atoms with E-state index in [0.29, 0.717) is 24.0 Å². The van der Waals surface area contributed by atoms with Gasteiger partial charge in [-0.3, -0.25) is 24.0 Å². The highest BCUT2D eigenvalue weighted by Gasteiger charge is 2.21. The number of aromatic amines is 1. The maximum Gasteiger partial charge on any atom is 0.328 e. The number of carbonyl (C=O) groups excluding carboxylic acids is 1. The summed E-state index contributed by atoms with van der Waals surface area (Å²) in [5.74, 6) is 0.0194. The van der Waals surface area contributed by atoms with Crippen molar-refractivity contribution in [2.24, 2.45) is 0 Å². The molecule has 1 saturated heterocycles. The van der Waals surface area contributed by atoms with Crippen LogP contribution in [0, 0.1) is 0 Å². The first kappa shape index (κ1) is 19.9. The maximum atomic E-state index is 12.7. The van der Waals surface area contributed by atoms with E-state index in [1.54, 1.807) is 35.6 Å². The number of H-pyrrole nitrogens is 1. The fraction of sp³-hybridized carbons (Fsp3) is 0.350. The number of aryl methyl sites for hydroxylation is 1. The molecule has 0 saturated carbocycles. The van der Waals surface area contributed by atoms with E-state index in [4.69, 9.17) is 11.6 Å². The number of para-hydroxylation sites is 1. The van der Waals surface area contributed by atoms with Crippen molar-refractivity contribution in [2.75, 3.05) is 26.2 Å². The molecule has 3 aromatic rings. The summed E-state index contributed by atoms with van der Waals surface area (Å²) in [5.41, 5.74) is -0.342. The van der Waals surface area contributed by atoms with Gasteiger partial charge >= 0.3 is 5.69 Å². The molecule has 1 aliphatic rings. The second kappa shape index (κ2) is 8.52. The molecule has 0 spiro atoms. The van der Waals surface area contributed by atoms with E-state index in [-0.39, 0.29) is 18.9 Å². The summed E-state index contributed by atoms with van der Waals surface area (Å²) in [5, 5.41) is 0.446. The van der Waals surface area contributed by atoms with Crippen LogP contribution >= 0.6 is 22.9 Å². The van der Waals surface area contributed by atoms with Gasteiger partial charge in [-0.2, -0.15) is 0 Å². The fourth-order valence-corrected chi connectivity index (χ4v) is 4.77. The van der Waals surface area contributed by atoms with Gasteiger partial charge in [-0.05, 0) is 24.3 Å². The van der Waals surface area contributed by atoms with Crippen molar-refractivity contribution in [1.29, 1.82) is 0 Å². The molecule has 1 fully saturated rings. The van der Waals surface area contributed by atoms with Crippen molar-refractivity contribution in [3.63, 3.8) is 0 Å². The fourth-order valence-electron chi connectivity index (χ4n) is 3.64. The summed E-state index contributed by atoms with van der Waals surface area (Å²) >= 11 is 7.57. The Morgan fingerprint density at radius 1 is 1.07 bits per heavy atom. The van der Waals surface area contributed by atoms with Gasteiger partial charge < -0.3 is 4.90 Å². The van der Waals surface area contributed by atoms with Gasteiger partial charge in [0.15, 0.2) is 0 Å². The molecular weight excluding hydrogens is 412 g/mol. The van der Waals surface area contributed by atoms with Crippen LogP contribution in [0.4, 0.5) is 0 Å². The zero-order valence-corrected chi connectivity index (χ0v) is 17.3. The predicted octanol–water partition coefficient (Wildman–Crippen LogP) is 2.14. The van der Waals surface area contributed by atoms with Crippen LogP contribution in [0.15, 0.2) is 46.0 Å². The van der Waals surface area contributed by atoms with Gasteiger partial charge in [0.25, 0.3) is 5.56 Å². The van der Waals surface area contributed by atoms with Crippen LogP contribution in [0.25, 0.3) is 10.9 Å². The normalized spacial score (nSPS) is 15.1. The van der Waals surface area contributed by atoms with Crippen LogP contribution in [0.2, 0.25) is 4.34 Å². The standard InChI is InChI=1S/C20H21ClN4O3S/c21-17-6-5-14(29-17)13-23-9-11-24(12-10-23)18(26)7-8-25-16-4-2-1-3-15(16)19(27)22-20(25)28/h1-6H,7-13H2,(H,22,27,28). The quantitative estimate of drug-likeness (QED) is 0.670. The van der Waals surface area contributed by atoms with E-state index in [1.165, 1.54) is 9.44 Å². The number of benzene rings is 1. The molecule has 7 nitrogen and oxygen atoms in total.